The maximum absolute atomic E-state index is 12.3. The van der Waals surface area contributed by atoms with Crippen LogP contribution in [0, 0.1) is 0 Å². The van der Waals surface area contributed by atoms with Gasteiger partial charge in [-0.2, -0.15) is 0 Å². The van der Waals surface area contributed by atoms with Crippen molar-refractivity contribution in [2.75, 3.05) is 40.6 Å². The van der Waals surface area contributed by atoms with Crippen molar-refractivity contribution in [3.8, 4) is 0 Å². The third-order valence-electron chi connectivity index (χ3n) is 5.69. The van der Waals surface area contributed by atoms with Crippen LogP contribution in [0.4, 0.5) is 0 Å². The molecule has 0 radical (unpaired) electrons. The molecule has 0 aliphatic carbocycles. The zero-order valence-corrected chi connectivity index (χ0v) is 25.5. The van der Waals surface area contributed by atoms with E-state index in [-0.39, 0.29) is 18.4 Å². The third-order valence-corrected chi connectivity index (χ3v) is 5.69. The molecule has 0 aromatic carbocycles. The van der Waals surface area contributed by atoms with E-state index < -0.39 is 16.2 Å². The molecule has 0 aromatic heterocycles. The second-order valence-electron chi connectivity index (χ2n) is 11.1. The first kappa shape index (κ1) is 38.0. The van der Waals surface area contributed by atoms with Gasteiger partial charge in [0.15, 0.2) is 6.10 Å². The molecule has 222 valence electrons. The number of rotatable bonds is 22. The van der Waals surface area contributed by atoms with Crippen LogP contribution >= 0.6 is 0 Å². The van der Waals surface area contributed by atoms with Crippen LogP contribution in [-0.4, -0.2) is 76.0 Å². The van der Waals surface area contributed by atoms with Crippen molar-refractivity contribution in [2.45, 2.75) is 129 Å². The topological polar surface area (TPSA) is 110 Å². The number of hydrogen-bond acceptors (Lipinski definition) is 7. The highest BCUT2D eigenvalue weighted by atomic mass is 32.2. The number of likely N-dealkylation sites (N-methyl/N-ethyl adjacent to an activating group) is 1. The summed E-state index contributed by atoms with van der Waals surface area (Å²) in [5.74, 6) is -0.443. The number of quaternary nitrogens is 1. The van der Waals surface area contributed by atoms with Crippen molar-refractivity contribution >= 4 is 22.1 Å². The minimum Gasteiger partial charge on any atom is -0.748 e. The van der Waals surface area contributed by atoms with Crippen molar-refractivity contribution in [3.63, 3.8) is 0 Å². The van der Waals surface area contributed by atoms with Gasteiger partial charge in [-0.05, 0) is 12.8 Å². The van der Waals surface area contributed by atoms with Gasteiger partial charge in [-0.15, -0.1) is 0 Å². The van der Waals surface area contributed by atoms with E-state index >= 15 is 0 Å². The number of carbonyl (C=O) groups is 2. The van der Waals surface area contributed by atoms with Crippen LogP contribution in [0.3, 0.4) is 0 Å². The summed E-state index contributed by atoms with van der Waals surface area (Å²) in [7, 11) is 2.21. The lowest BCUT2D eigenvalue weighted by Gasteiger charge is -2.28. The molecule has 0 saturated carbocycles. The van der Waals surface area contributed by atoms with Crippen molar-refractivity contribution in [2.24, 2.45) is 0 Å². The zero-order chi connectivity index (χ0) is 28.6. The van der Waals surface area contributed by atoms with Crippen LogP contribution in [-0.2, 0) is 29.2 Å². The molecule has 0 N–H and O–H groups in total. The number of esters is 2. The maximum Gasteiger partial charge on any atom is 0.309 e. The van der Waals surface area contributed by atoms with Crippen LogP contribution in [0.5, 0.6) is 0 Å². The van der Waals surface area contributed by atoms with Crippen molar-refractivity contribution < 1.29 is 36.5 Å². The molecule has 0 fully saturated rings. The highest BCUT2D eigenvalue weighted by Gasteiger charge is 2.25. The Bertz CT molecular complexity index is 652. The molecule has 0 saturated heterocycles. The Morgan fingerprint density at radius 3 is 1.57 bits per heavy atom. The Kier molecular flexibility index (Phi) is 24.5. The van der Waals surface area contributed by atoms with Crippen LogP contribution < -0.4 is 0 Å². The van der Waals surface area contributed by atoms with Crippen LogP contribution in [0.2, 0.25) is 0 Å². The van der Waals surface area contributed by atoms with Gasteiger partial charge in [0, 0.05) is 12.7 Å². The average Bonchev–Trinajstić information content (AvgIpc) is 2.75. The summed E-state index contributed by atoms with van der Waals surface area (Å²) < 4.78 is 38.9. The van der Waals surface area contributed by atoms with Gasteiger partial charge in [-0.1, -0.05) is 97.3 Å². The van der Waals surface area contributed by atoms with Gasteiger partial charge >= 0.3 is 11.9 Å². The van der Waals surface area contributed by atoms with E-state index in [1.165, 1.54) is 70.6 Å². The summed E-state index contributed by atoms with van der Waals surface area (Å²) in [5, 5.41) is 0. The smallest absolute Gasteiger partial charge is 0.309 e. The summed E-state index contributed by atoms with van der Waals surface area (Å²) in [5.41, 5.74) is 0. The molecule has 0 aromatic rings. The molecular weight excluding hydrogens is 494 g/mol. The molecule has 37 heavy (non-hydrogen) atoms. The highest BCUT2D eigenvalue weighted by molar-refractivity contribution is 7.84. The first-order valence-electron chi connectivity index (χ1n) is 14.3. The summed E-state index contributed by atoms with van der Waals surface area (Å²) >= 11 is 0. The Morgan fingerprint density at radius 1 is 0.730 bits per heavy atom. The summed E-state index contributed by atoms with van der Waals surface area (Å²) in [4.78, 5) is 24.6. The van der Waals surface area contributed by atoms with E-state index in [0.29, 0.717) is 30.3 Å². The lowest BCUT2D eigenvalue weighted by Crippen LogP contribution is -2.44. The van der Waals surface area contributed by atoms with Crippen LogP contribution in [0.25, 0.3) is 0 Å². The molecule has 0 amide bonds. The number of ether oxygens (including phenoxy) is 2. The number of hydrogen-bond donors (Lipinski definition) is 0. The number of nitrogens with zero attached hydrogens (tertiary/aromatic N) is 1. The molecule has 0 rings (SSSR count). The average molecular weight is 552 g/mol. The predicted molar refractivity (Wildman–Crippen MR) is 149 cm³/mol. The van der Waals surface area contributed by atoms with Gasteiger partial charge in [0.25, 0.3) is 0 Å². The molecule has 0 aliphatic rings. The van der Waals surface area contributed by atoms with E-state index in [1.54, 1.807) is 0 Å². The van der Waals surface area contributed by atoms with Crippen molar-refractivity contribution in [1.29, 1.82) is 0 Å². The fourth-order valence-electron chi connectivity index (χ4n) is 3.89. The number of unbranched alkanes of at least 4 members (excludes halogenated alkanes) is 13. The minimum absolute atomic E-state index is 0.147. The quantitative estimate of drug-likeness (QED) is 0.0704. The molecule has 8 nitrogen and oxygen atoms in total. The molecule has 0 heterocycles. The fraction of sp³-hybridized carbons (Fsp3) is 0.929. The molecule has 1 atom stereocenters. The normalized spacial score (nSPS) is 12.4. The molecule has 9 heteroatoms. The molecule has 0 aliphatic heterocycles. The van der Waals surface area contributed by atoms with Crippen molar-refractivity contribution in [3.05, 3.63) is 0 Å². The Labute approximate surface area is 228 Å². The molecule has 0 spiro atoms. The molecule has 1 unspecified atom stereocenters. The largest absolute Gasteiger partial charge is 0.748 e. The summed E-state index contributed by atoms with van der Waals surface area (Å²) in [6.45, 7) is 5.50. The number of carbonyl (C=O) groups excluding carboxylic acids is 2. The van der Waals surface area contributed by atoms with Gasteiger partial charge < -0.3 is 18.5 Å². The lowest BCUT2D eigenvalue weighted by atomic mass is 10.1. The van der Waals surface area contributed by atoms with E-state index in [4.69, 9.17) is 22.4 Å². The van der Waals surface area contributed by atoms with Gasteiger partial charge in [0.2, 0.25) is 0 Å². The second-order valence-corrected chi connectivity index (χ2v) is 12.5. The minimum atomic E-state index is -3.92. The van der Waals surface area contributed by atoms with E-state index in [9.17, 15) is 9.59 Å². The van der Waals surface area contributed by atoms with E-state index in [2.05, 4.69) is 13.8 Å². The maximum atomic E-state index is 12.3. The first-order valence-corrected chi connectivity index (χ1v) is 16.2. The van der Waals surface area contributed by atoms with E-state index in [1.807, 2.05) is 21.1 Å². The fourth-order valence-corrected chi connectivity index (χ4v) is 3.89. The summed E-state index contributed by atoms with van der Waals surface area (Å²) in [6.07, 6.45) is 18.8. The monoisotopic (exact) mass is 551 g/mol. The Morgan fingerprint density at radius 2 is 1.14 bits per heavy atom. The Hall–Kier alpha value is -1.19. The van der Waals surface area contributed by atoms with E-state index in [0.717, 1.165) is 25.7 Å². The van der Waals surface area contributed by atoms with Crippen molar-refractivity contribution in [1.82, 2.24) is 0 Å². The standard InChI is InChI=1S/C27H54NO4.CH4O3S/c1-6-8-10-12-13-14-15-16-17-19-21-26(29)32-25(24-28(3,4)5)23-27(30)31-22-20-18-11-9-7-2;1-5(2,3)4/h25H,6-24H2,1-5H3;1H3,(H,2,3,4)/q+1;/p-1. The Balaban J connectivity index is 0. The lowest BCUT2D eigenvalue weighted by molar-refractivity contribution is -0.873. The van der Waals surface area contributed by atoms with Gasteiger partial charge in [-0.25, -0.2) is 8.42 Å². The molecular formula is C28H57NO7S. The highest BCUT2D eigenvalue weighted by Crippen LogP contribution is 2.13. The van der Waals surface area contributed by atoms with Gasteiger partial charge in [-0.3, -0.25) is 9.59 Å². The van der Waals surface area contributed by atoms with Gasteiger partial charge in [0.05, 0.1) is 44.3 Å². The van der Waals surface area contributed by atoms with Crippen LogP contribution in [0.15, 0.2) is 0 Å². The third kappa shape index (κ3) is 37.0. The first-order chi connectivity index (χ1) is 17.3. The van der Waals surface area contributed by atoms with Crippen LogP contribution in [0.1, 0.15) is 123 Å². The second kappa shape index (κ2) is 23.9. The predicted octanol–water partition coefficient (Wildman–Crippen LogP) is 5.98. The molecule has 0 bridgehead atoms. The SMILES string of the molecule is CCCCCCCCCCCCC(=O)OC(CC(=O)OCCCCCCC)C[N+](C)(C)C.CS(=O)(=O)[O-]. The zero-order valence-electron chi connectivity index (χ0n) is 24.7. The van der Waals surface area contributed by atoms with Gasteiger partial charge in [0.1, 0.15) is 6.54 Å². The summed E-state index contributed by atoms with van der Waals surface area (Å²) in [6, 6.07) is 0.